The lowest BCUT2D eigenvalue weighted by Gasteiger charge is -2.06. The molecular formula is C12H18FNS. The van der Waals surface area contributed by atoms with Gasteiger partial charge in [-0.2, -0.15) is 0 Å². The fourth-order valence-corrected chi connectivity index (χ4v) is 2.36. The molecule has 0 aliphatic heterocycles. The van der Waals surface area contributed by atoms with Crippen molar-refractivity contribution in [3.63, 3.8) is 0 Å². The third-order valence-corrected chi connectivity index (χ3v) is 3.27. The van der Waals surface area contributed by atoms with Gasteiger partial charge in [-0.15, -0.1) is 11.8 Å². The third-order valence-electron chi connectivity index (χ3n) is 2.18. The summed E-state index contributed by atoms with van der Waals surface area (Å²) in [6, 6.07) is 5.24. The van der Waals surface area contributed by atoms with Crippen molar-refractivity contribution >= 4 is 11.8 Å². The van der Waals surface area contributed by atoms with E-state index in [1.807, 2.05) is 12.1 Å². The number of hydrogen-bond donors (Lipinski definition) is 1. The van der Waals surface area contributed by atoms with Gasteiger partial charge in [-0.05, 0) is 35.8 Å². The molecule has 0 bridgehead atoms. The van der Waals surface area contributed by atoms with Crippen LogP contribution in [0.4, 0.5) is 4.39 Å². The van der Waals surface area contributed by atoms with E-state index in [1.165, 1.54) is 6.07 Å². The molecule has 0 saturated carbocycles. The van der Waals surface area contributed by atoms with Gasteiger partial charge in [0.25, 0.3) is 0 Å². The molecule has 1 aromatic carbocycles. The van der Waals surface area contributed by atoms with E-state index in [0.717, 1.165) is 22.6 Å². The molecule has 2 N–H and O–H groups in total. The van der Waals surface area contributed by atoms with Crippen LogP contribution in [-0.2, 0) is 6.54 Å². The van der Waals surface area contributed by atoms with Gasteiger partial charge in [0.15, 0.2) is 0 Å². The Morgan fingerprint density at radius 2 is 2.13 bits per heavy atom. The molecular weight excluding hydrogens is 209 g/mol. The van der Waals surface area contributed by atoms with E-state index in [-0.39, 0.29) is 5.82 Å². The molecule has 0 aliphatic carbocycles. The molecule has 0 spiro atoms. The summed E-state index contributed by atoms with van der Waals surface area (Å²) in [5.41, 5.74) is 6.28. The zero-order chi connectivity index (χ0) is 11.3. The molecule has 1 aromatic rings. The smallest absolute Gasteiger partial charge is 0.137 e. The average molecular weight is 227 g/mol. The number of halogens is 1. The molecule has 15 heavy (non-hydrogen) atoms. The monoisotopic (exact) mass is 227 g/mol. The Balaban J connectivity index is 2.54. The lowest BCUT2D eigenvalue weighted by molar-refractivity contribution is 0.598. The number of thioether (sulfide) groups is 1. The van der Waals surface area contributed by atoms with Gasteiger partial charge in [0.2, 0.25) is 0 Å². The maximum absolute atomic E-state index is 13.5. The predicted molar refractivity (Wildman–Crippen MR) is 64.5 cm³/mol. The number of hydrogen-bond acceptors (Lipinski definition) is 2. The van der Waals surface area contributed by atoms with Crippen LogP contribution in [0, 0.1) is 11.7 Å². The molecule has 1 nitrogen and oxygen atoms in total. The van der Waals surface area contributed by atoms with Crippen LogP contribution < -0.4 is 5.73 Å². The highest BCUT2D eigenvalue weighted by Crippen LogP contribution is 2.24. The second-order valence-corrected chi connectivity index (χ2v) is 5.14. The fourth-order valence-electron chi connectivity index (χ4n) is 1.19. The Labute approximate surface area is 95.2 Å². The minimum atomic E-state index is -0.147. The Hall–Kier alpha value is -0.540. The molecule has 0 radical (unpaired) electrons. The summed E-state index contributed by atoms with van der Waals surface area (Å²) in [5, 5.41) is 0. The van der Waals surface area contributed by atoms with Crippen LogP contribution in [0.15, 0.2) is 23.1 Å². The molecule has 0 fully saturated rings. The Bertz CT molecular complexity index is 312. The molecule has 0 atom stereocenters. The Morgan fingerprint density at radius 1 is 1.40 bits per heavy atom. The highest BCUT2D eigenvalue weighted by atomic mass is 32.2. The van der Waals surface area contributed by atoms with Crippen LogP contribution in [0.1, 0.15) is 25.8 Å². The first-order valence-corrected chi connectivity index (χ1v) is 6.23. The lowest BCUT2D eigenvalue weighted by atomic mass is 10.2. The SMILES string of the molecule is CC(C)CCSc1ccc(CN)cc1F. The van der Waals surface area contributed by atoms with Crippen LogP contribution in [0.5, 0.6) is 0 Å². The van der Waals surface area contributed by atoms with E-state index in [9.17, 15) is 4.39 Å². The van der Waals surface area contributed by atoms with Crippen LogP contribution >= 0.6 is 11.8 Å². The largest absolute Gasteiger partial charge is 0.326 e. The number of rotatable bonds is 5. The summed E-state index contributed by atoms with van der Waals surface area (Å²) >= 11 is 1.58. The number of nitrogens with two attached hydrogens (primary N) is 1. The Kier molecular flexibility index (Phi) is 5.12. The van der Waals surface area contributed by atoms with Crippen molar-refractivity contribution in [3.8, 4) is 0 Å². The van der Waals surface area contributed by atoms with Gasteiger partial charge in [0, 0.05) is 11.4 Å². The summed E-state index contributed by atoms with van der Waals surface area (Å²) < 4.78 is 13.5. The molecule has 0 heterocycles. The van der Waals surface area contributed by atoms with Crippen LogP contribution in [0.25, 0.3) is 0 Å². The van der Waals surface area contributed by atoms with Crippen LogP contribution in [0.2, 0.25) is 0 Å². The zero-order valence-electron chi connectivity index (χ0n) is 9.29. The molecule has 84 valence electrons. The van der Waals surface area contributed by atoms with Gasteiger partial charge in [-0.1, -0.05) is 19.9 Å². The quantitative estimate of drug-likeness (QED) is 0.780. The lowest BCUT2D eigenvalue weighted by Crippen LogP contribution is -1.97. The highest BCUT2D eigenvalue weighted by molar-refractivity contribution is 7.99. The maximum atomic E-state index is 13.5. The summed E-state index contributed by atoms with van der Waals surface area (Å²) in [7, 11) is 0. The zero-order valence-corrected chi connectivity index (χ0v) is 10.1. The van der Waals surface area contributed by atoms with Crippen LogP contribution in [-0.4, -0.2) is 5.75 Å². The van der Waals surface area contributed by atoms with Gasteiger partial charge >= 0.3 is 0 Å². The van der Waals surface area contributed by atoms with Crippen molar-refractivity contribution < 1.29 is 4.39 Å². The number of benzene rings is 1. The summed E-state index contributed by atoms with van der Waals surface area (Å²) in [5.74, 6) is 1.49. The average Bonchev–Trinajstić information content (AvgIpc) is 2.20. The second kappa shape index (κ2) is 6.13. The molecule has 0 unspecified atom stereocenters. The second-order valence-electron chi connectivity index (χ2n) is 4.00. The van der Waals surface area contributed by atoms with Gasteiger partial charge in [0.1, 0.15) is 5.82 Å². The standard InChI is InChI=1S/C12H18FNS/c1-9(2)5-6-15-12-4-3-10(8-14)7-11(12)13/h3-4,7,9H,5-6,8,14H2,1-2H3. The van der Waals surface area contributed by atoms with Crippen molar-refractivity contribution in [2.45, 2.75) is 31.7 Å². The first kappa shape index (κ1) is 12.5. The highest BCUT2D eigenvalue weighted by Gasteiger charge is 2.04. The van der Waals surface area contributed by atoms with Crippen molar-refractivity contribution in [1.82, 2.24) is 0 Å². The minimum absolute atomic E-state index is 0.147. The van der Waals surface area contributed by atoms with Crippen molar-refractivity contribution in [2.75, 3.05) is 5.75 Å². The van der Waals surface area contributed by atoms with Crippen LogP contribution in [0.3, 0.4) is 0 Å². The van der Waals surface area contributed by atoms with E-state index in [2.05, 4.69) is 13.8 Å². The third kappa shape index (κ3) is 4.22. The molecule has 1 rings (SSSR count). The van der Waals surface area contributed by atoms with Gasteiger partial charge in [0.05, 0.1) is 0 Å². The van der Waals surface area contributed by atoms with Gasteiger partial charge in [-0.3, -0.25) is 0 Å². The normalized spacial score (nSPS) is 11.0. The topological polar surface area (TPSA) is 26.0 Å². The Morgan fingerprint density at radius 3 is 2.67 bits per heavy atom. The fraction of sp³-hybridized carbons (Fsp3) is 0.500. The van der Waals surface area contributed by atoms with E-state index in [1.54, 1.807) is 11.8 Å². The van der Waals surface area contributed by atoms with E-state index < -0.39 is 0 Å². The van der Waals surface area contributed by atoms with E-state index in [0.29, 0.717) is 12.5 Å². The van der Waals surface area contributed by atoms with E-state index in [4.69, 9.17) is 5.73 Å². The summed E-state index contributed by atoms with van der Waals surface area (Å²) in [6.07, 6.45) is 1.11. The first-order chi connectivity index (χ1) is 7.13. The first-order valence-electron chi connectivity index (χ1n) is 5.24. The van der Waals surface area contributed by atoms with Gasteiger partial charge < -0.3 is 5.73 Å². The van der Waals surface area contributed by atoms with Crippen molar-refractivity contribution in [3.05, 3.63) is 29.6 Å². The summed E-state index contributed by atoms with van der Waals surface area (Å²) in [6.45, 7) is 4.75. The van der Waals surface area contributed by atoms with Crippen molar-refractivity contribution in [1.29, 1.82) is 0 Å². The van der Waals surface area contributed by atoms with E-state index >= 15 is 0 Å². The predicted octanol–water partition coefficient (Wildman–Crippen LogP) is 3.42. The van der Waals surface area contributed by atoms with Gasteiger partial charge in [-0.25, -0.2) is 4.39 Å². The summed E-state index contributed by atoms with van der Waals surface area (Å²) in [4.78, 5) is 0.729. The van der Waals surface area contributed by atoms with Crippen molar-refractivity contribution in [2.24, 2.45) is 11.7 Å². The molecule has 0 aliphatic rings. The maximum Gasteiger partial charge on any atom is 0.137 e. The molecule has 0 aromatic heterocycles. The molecule has 0 amide bonds. The molecule has 3 heteroatoms. The minimum Gasteiger partial charge on any atom is -0.326 e. The molecule has 0 saturated heterocycles.